The molecule has 2 unspecified atom stereocenters. The minimum atomic E-state index is 0.168. The van der Waals surface area contributed by atoms with Gasteiger partial charge in [0.05, 0.1) is 0 Å². The van der Waals surface area contributed by atoms with Gasteiger partial charge in [-0.2, -0.15) is 0 Å². The van der Waals surface area contributed by atoms with Gasteiger partial charge in [0, 0.05) is 29.5 Å². The first kappa shape index (κ1) is 15.2. The second-order valence-corrected chi connectivity index (χ2v) is 5.55. The number of nitrogens with zero attached hydrogens (tertiary/aromatic N) is 3. The average molecular weight is 303 g/mol. The van der Waals surface area contributed by atoms with Gasteiger partial charge >= 0.3 is 0 Å². The van der Waals surface area contributed by atoms with Gasteiger partial charge in [0.2, 0.25) is 0 Å². The quantitative estimate of drug-likeness (QED) is 0.760. The number of rotatable bonds is 5. The fourth-order valence-corrected chi connectivity index (χ4v) is 3.03. The summed E-state index contributed by atoms with van der Waals surface area (Å²) in [5.41, 5.74) is 2.21. The molecule has 3 heteroatoms. The zero-order valence-corrected chi connectivity index (χ0v) is 13.4. The molecule has 1 aliphatic carbocycles. The summed E-state index contributed by atoms with van der Waals surface area (Å²) in [6.45, 7) is 10.1. The summed E-state index contributed by atoms with van der Waals surface area (Å²) < 4.78 is 2.17. The van der Waals surface area contributed by atoms with Crippen LogP contribution in [0.25, 0.3) is 17.1 Å². The Bertz CT molecular complexity index is 765. The number of benzene rings is 1. The van der Waals surface area contributed by atoms with Crippen LogP contribution in [0.3, 0.4) is 0 Å². The van der Waals surface area contributed by atoms with E-state index in [9.17, 15) is 0 Å². The molecule has 1 aromatic carbocycles. The molecule has 0 aliphatic heterocycles. The first-order valence-corrected chi connectivity index (χ1v) is 7.93. The van der Waals surface area contributed by atoms with Crippen LogP contribution in [0.2, 0.25) is 0 Å². The third kappa shape index (κ3) is 2.70. The van der Waals surface area contributed by atoms with Crippen molar-refractivity contribution in [3.63, 3.8) is 0 Å². The van der Waals surface area contributed by atoms with Crippen molar-refractivity contribution in [3.05, 3.63) is 79.7 Å². The van der Waals surface area contributed by atoms with E-state index in [1.165, 1.54) is 0 Å². The van der Waals surface area contributed by atoms with Gasteiger partial charge < -0.3 is 0 Å². The Hall–Kier alpha value is -2.68. The Morgan fingerprint density at radius 1 is 1.13 bits per heavy atom. The minimum absolute atomic E-state index is 0.168. The van der Waals surface area contributed by atoms with E-state index < -0.39 is 0 Å². The van der Waals surface area contributed by atoms with Gasteiger partial charge in [-0.05, 0) is 6.08 Å². The second-order valence-electron chi connectivity index (χ2n) is 5.55. The predicted molar refractivity (Wildman–Crippen MR) is 95.6 cm³/mol. The molecule has 0 radical (unpaired) electrons. The van der Waals surface area contributed by atoms with Crippen molar-refractivity contribution in [1.82, 2.24) is 14.8 Å². The first-order chi connectivity index (χ1) is 11.3. The van der Waals surface area contributed by atoms with Crippen molar-refractivity contribution in [2.45, 2.75) is 13.3 Å². The average Bonchev–Trinajstić information content (AvgIpc) is 3.05. The normalized spacial score (nSPS) is 20.1. The predicted octanol–water partition coefficient (Wildman–Crippen LogP) is 4.52. The molecule has 0 bridgehead atoms. The Labute approximate surface area is 137 Å². The van der Waals surface area contributed by atoms with Crippen molar-refractivity contribution in [1.29, 1.82) is 0 Å². The summed E-state index contributed by atoms with van der Waals surface area (Å²) in [6.07, 6.45) is 11.1. The third-order valence-corrected chi connectivity index (χ3v) is 4.22. The SMILES string of the molecule is C=CC1C=CC=C(n2c(CC)nnc2-c2ccccc2)C1C=C. The lowest BCUT2D eigenvalue weighted by Crippen LogP contribution is -2.19. The molecule has 3 rings (SSSR count). The summed E-state index contributed by atoms with van der Waals surface area (Å²) in [6, 6.07) is 10.2. The Morgan fingerprint density at radius 3 is 2.57 bits per heavy atom. The van der Waals surface area contributed by atoms with Gasteiger partial charge in [-0.1, -0.05) is 61.6 Å². The van der Waals surface area contributed by atoms with Gasteiger partial charge in [-0.15, -0.1) is 23.4 Å². The zero-order chi connectivity index (χ0) is 16.2. The third-order valence-electron chi connectivity index (χ3n) is 4.22. The highest BCUT2D eigenvalue weighted by molar-refractivity contribution is 5.66. The van der Waals surface area contributed by atoms with Crippen LogP contribution < -0.4 is 0 Å². The van der Waals surface area contributed by atoms with E-state index in [-0.39, 0.29) is 11.8 Å². The number of hydrogen-bond donors (Lipinski definition) is 0. The highest BCUT2D eigenvalue weighted by Crippen LogP contribution is 2.34. The van der Waals surface area contributed by atoms with Gasteiger partial charge in [-0.25, -0.2) is 0 Å². The van der Waals surface area contributed by atoms with E-state index in [1.54, 1.807) is 0 Å². The molecule has 0 spiro atoms. The van der Waals surface area contributed by atoms with Gasteiger partial charge in [-0.3, -0.25) is 4.57 Å². The van der Waals surface area contributed by atoms with Crippen molar-refractivity contribution in [2.75, 3.05) is 0 Å². The number of aryl methyl sites for hydroxylation is 1. The minimum Gasteiger partial charge on any atom is -0.282 e. The molecule has 1 aliphatic rings. The van der Waals surface area contributed by atoms with Crippen molar-refractivity contribution < 1.29 is 0 Å². The standard InChI is InChI=1S/C20H21N3/c1-4-15-13-10-14-18(17(15)5-2)23-19(6-3)21-22-20(23)16-11-8-7-9-12-16/h4-5,7-15,17H,1-2,6H2,3H3. The Kier molecular flexibility index (Phi) is 4.38. The fourth-order valence-electron chi connectivity index (χ4n) is 3.03. The van der Waals surface area contributed by atoms with Crippen LogP contribution in [0.4, 0.5) is 0 Å². The molecule has 2 aromatic rings. The van der Waals surface area contributed by atoms with E-state index >= 15 is 0 Å². The van der Waals surface area contributed by atoms with Gasteiger partial charge in [0.15, 0.2) is 5.82 Å². The molecule has 3 nitrogen and oxygen atoms in total. The van der Waals surface area contributed by atoms with E-state index in [0.29, 0.717) is 0 Å². The summed E-state index contributed by atoms with van der Waals surface area (Å²) in [4.78, 5) is 0. The molecule has 0 saturated carbocycles. The maximum Gasteiger partial charge on any atom is 0.168 e. The lowest BCUT2D eigenvalue weighted by Gasteiger charge is -2.27. The van der Waals surface area contributed by atoms with Crippen LogP contribution >= 0.6 is 0 Å². The largest absolute Gasteiger partial charge is 0.282 e. The first-order valence-electron chi connectivity index (χ1n) is 7.93. The van der Waals surface area contributed by atoms with E-state index in [0.717, 1.165) is 29.3 Å². The molecule has 0 fully saturated rings. The molecule has 1 aromatic heterocycles. The number of aromatic nitrogens is 3. The van der Waals surface area contributed by atoms with Gasteiger partial charge in [0.1, 0.15) is 5.82 Å². The lowest BCUT2D eigenvalue weighted by atomic mass is 9.85. The highest BCUT2D eigenvalue weighted by Gasteiger charge is 2.26. The summed E-state index contributed by atoms with van der Waals surface area (Å²) in [5.74, 6) is 2.24. The molecule has 116 valence electrons. The smallest absolute Gasteiger partial charge is 0.168 e. The Balaban J connectivity index is 2.17. The Morgan fingerprint density at radius 2 is 1.91 bits per heavy atom. The molecule has 0 N–H and O–H groups in total. The van der Waals surface area contributed by atoms with Crippen LogP contribution in [0.1, 0.15) is 12.7 Å². The fraction of sp³-hybridized carbons (Fsp3) is 0.200. The summed E-state index contributed by atoms with van der Waals surface area (Å²) in [7, 11) is 0. The van der Waals surface area contributed by atoms with Crippen molar-refractivity contribution in [2.24, 2.45) is 11.8 Å². The van der Waals surface area contributed by atoms with Crippen LogP contribution in [-0.2, 0) is 6.42 Å². The summed E-state index contributed by atoms with van der Waals surface area (Å²) in [5, 5.41) is 8.83. The second kappa shape index (κ2) is 6.61. The van der Waals surface area contributed by atoms with Crippen molar-refractivity contribution >= 4 is 5.70 Å². The topological polar surface area (TPSA) is 30.7 Å². The molecule has 0 saturated heterocycles. The van der Waals surface area contributed by atoms with Crippen LogP contribution in [0.5, 0.6) is 0 Å². The molecule has 0 amide bonds. The van der Waals surface area contributed by atoms with E-state index in [1.807, 2.05) is 30.4 Å². The number of allylic oxidation sites excluding steroid dienone is 6. The lowest BCUT2D eigenvalue weighted by molar-refractivity contribution is 0.652. The zero-order valence-electron chi connectivity index (χ0n) is 13.4. The molecule has 1 heterocycles. The monoisotopic (exact) mass is 303 g/mol. The highest BCUT2D eigenvalue weighted by atomic mass is 15.3. The molecule has 23 heavy (non-hydrogen) atoms. The van der Waals surface area contributed by atoms with Crippen LogP contribution in [-0.4, -0.2) is 14.8 Å². The summed E-state index contributed by atoms with van der Waals surface area (Å²) >= 11 is 0. The maximum atomic E-state index is 4.44. The number of hydrogen-bond acceptors (Lipinski definition) is 2. The van der Waals surface area contributed by atoms with Gasteiger partial charge in [0.25, 0.3) is 0 Å². The maximum absolute atomic E-state index is 4.44. The van der Waals surface area contributed by atoms with E-state index in [4.69, 9.17) is 0 Å². The molecule has 2 atom stereocenters. The van der Waals surface area contributed by atoms with Crippen LogP contribution in [0.15, 0.2) is 73.9 Å². The van der Waals surface area contributed by atoms with E-state index in [2.05, 4.69) is 65.2 Å². The molecular weight excluding hydrogens is 282 g/mol. The van der Waals surface area contributed by atoms with Crippen LogP contribution in [0, 0.1) is 11.8 Å². The molecular formula is C20H21N3. The van der Waals surface area contributed by atoms with Crippen molar-refractivity contribution in [3.8, 4) is 11.4 Å².